The Hall–Kier alpha value is -0.810. The van der Waals surface area contributed by atoms with Crippen LogP contribution in [0.2, 0.25) is 0 Å². The summed E-state index contributed by atoms with van der Waals surface area (Å²) >= 11 is 0. The predicted octanol–water partition coefficient (Wildman–Crippen LogP) is 1.81. The van der Waals surface area contributed by atoms with E-state index in [1.54, 1.807) is 0 Å². The zero-order chi connectivity index (χ0) is 14.8. The van der Waals surface area contributed by atoms with E-state index in [2.05, 4.69) is 4.90 Å². The molecular formula is C15H29N3O2. The third-order valence-corrected chi connectivity index (χ3v) is 3.86. The number of ether oxygens (including phenoxy) is 1. The van der Waals surface area contributed by atoms with Crippen LogP contribution in [0, 0.1) is 0 Å². The molecule has 0 aromatic heterocycles. The second-order valence-corrected chi connectivity index (χ2v) is 7.00. The molecule has 1 atom stereocenters. The van der Waals surface area contributed by atoms with E-state index >= 15 is 0 Å². The van der Waals surface area contributed by atoms with Gasteiger partial charge in [-0.1, -0.05) is 0 Å². The standard InChI is InChI=1S/C15H29N3O2/c1-15(2,3)20-14(19)18(12-6-7-12)13-5-4-9-17(11-13)10-8-16/h12-13H,4-11,16H2,1-3H3. The number of likely N-dealkylation sites (tertiary alicyclic amines) is 1. The lowest BCUT2D eigenvalue weighted by molar-refractivity contribution is 0.00408. The van der Waals surface area contributed by atoms with Gasteiger partial charge in [0, 0.05) is 31.7 Å². The molecule has 20 heavy (non-hydrogen) atoms. The fourth-order valence-corrected chi connectivity index (χ4v) is 2.91. The molecule has 2 aliphatic rings. The average molecular weight is 283 g/mol. The smallest absolute Gasteiger partial charge is 0.410 e. The Morgan fingerprint density at radius 2 is 2.00 bits per heavy atom. The molecule has 0 aromatic rings. The number of amides is 1. The van der Waals surface area contributed by atoms with Crippen molar-refractivity contribution in [1.82, 2.24) is 9.80 Å². The maximum absolute atomic E-state index is 12.5. The van der Waals surface area contributed by atoms with Crippen LogP contribution in [-0.4, -0.2) is 59.8 Å². The quantitative estimate of drug-likeness (QED) is 0.855. The van der Waals surface area contributed by atoms with Gasteiger partial charge in [-0.15, -0.1) is 0 Å². The van der Waals surface area contributed by atoms with Crippen LogP contribution in [0.1, 0.15) is 46.5 Å². The van der Waals surface area contributed by atoms with Crippen LogP contribution < -0.4 is 5.73 Å². The van der Waals surface area contributed by atoms with Gasteiger partial charge in [-0.25, -0.2) is 4.79 Å². The molecule has 2 fully saturated rings. The lowest BCUT2D eigenvalue weighted by Gasteiger charge is -2.40. The molecule has 0 bridgehead atoms. The van der Waals surface area contributed by atoms with Crippen LogP contribution in [0.5, 0.6) is 0 Å². The predicted molar refractivity (Wildman–Crippen MR) is 79.6 cm³/mol. The van der Waals surface area contributed by atoms with Crippen molar-refractivity contribution in [2.75, 3.05) is 26.2 Å². The molecule has 1 amide bonds. The zero-order valence-electron chi connectivity index (χ0n) is 13.1. The molecule has 116 valence electrons. The van der Waals surface area contributed by atoms with Crippen molar-refractivity contribution in [3.63, 3.8) is 0 Å². The van der Waals surface area contributed by atoms with E-state index in [1.165, 1.54) is 0 Å². The van der Waals surface area contributed by atoms with E-state index < -0.39 is 5.60 Å². The zero-order valence-corrected chi connectivity index (χ0v) is 13.1. The van der Waals surface area contributed by atoms with E-state index in [1.807, 2.05) is 25.7 Å². The molecule has 0 radical (unpaired) electrons. The number of piperidine rings is 1. The Bertz CT molecular complexity index is 335. The van der Waals surface area contributed by atoms with Crippen LogP contribution in [0.4, 0.5) is 4.79 Å². The van der Waals surface area contributed by atoms with Gasteiger partial charge in [-0.2, -0.15) is 0 Å². The molecule has 1 heterocycles. The molecule has 1 aliphatic carbocycles. The second kappa shape index (κ2) is 6.31. The summed E-state index contributed by atoms with van der Waals surface area (Å²) in [7, 11) is 0. The molecule has 1 aliphatic heterocycles. The number of rotatable bonds is 4. The van der Waals surface area contributed by atoms with Crippen LogP contribution >= 0.6 is 0 Å². The monoisotopic (exact) mass is 283 g/mol. The summed E-state index contributed by atoms with van der Waals surface area (Å²) in [6.45, 7) is 9.42. The molecule has 0 aromatic carbocycles. The summed E-state index contributed by atoms with van der Waals surface area (Å²) in [6, 6.07) is 0.685. The summed E-state index contributed by atoms with van der Waals surface area (Å²) in [5, 5.41) is 0. The Balaban J connectivity index is 1.99. The fraction of sp³-hybridized carbons (Fsp3) is 0.933. The summed E-state index contributed by atoms with van der Waals surface area (Å²) in [5.74, 6) is 0. The highest BCUT2D eigenvalue weighted by Crippen LogP contribution is 2.32. The van der Waals surface area contributed by atoms with Crippen LogP contribution in [-0.2, 0) is 4.74 Å². The molecule has 1 unspecified atom stereocenters. The highest BCUT2D eigenvalue weighted by Gasteiger charge is 2.40. The van der Waals surface area contributed by atoms with E-state index in [4.69, 9.17) is 10.5 Å². The minimum atomic E-state index is -0.421. The highest BCUT2D eigenvalue weighted by molar-refractivity contribution is 5.69. The first kappa shape index (κ1) is 15.6. The number of hydrogen-bond acceptors (Lipinski definition) is 4. The summed E-state index contributed by atoms with van der Waals surface area (Å²) < 4.78 is 5.59. The SMILES string of the molecule is CC(C)(C)OC(=O)N(C1CC1)C1CCCN(CCN)C1. The Morgan fingerprint density at radius 1 is 1.30 bits per heavy atom. The first-order chi connectivity index (χ1) is 9.40. The van der Waals surface area contributed by atoms with E-state index in [0.717, 1.165) is 45.3 Å². The molecule has 5 heteroatoms. The highest BCUT2D eigenvalue weighted by atomic mass is 16.6. The van der Waals surface area contributed by atoms with Gasteiger partial charge in [0.25, 0.3) is 0 Å². The lowest BCUT2D eigenvalue weighted by atomic mass is 10.0. The van der Waals surface area contributed by atoms with Crippen molar-refractivity contribution in [1.29, 1.82) is 0 Å². The summed E-state index contributed by atoms with van der Waals surface area (Å²) in [6.07, 6.45) is 4.31. The minimum absolute atomic E-state index is 0.139. The minimum Gasteiger partial charge on any atom is -0.444 e. The number of nitrogens with two attached hydrogens (primary N) is 1. The first-order valence-corrected chi connectivity index (χ1v) is 7.84. The molecule has 0 spiro atoms. The van der Waals surface area contributed by atoms with Gasteiger partial charge in [0.2, 0.25) is 0 Å². The van der Waals surface area contributed by atoms with Gasteiger partial charge in [-0.3, -0.25) is 0 Å². The number of carbonyl (C=O) groups is 1. The lowest BCUT2D eigenvalue weighted by Crippen LogP contribution is -2.52. The van der Waals surface area contributed by atoms with Crippen molar-refractivity contribution in [3.8, 4) is 0 Å². The molecule has 1 saturated heterocycles. The van der Waals surface area contributed by atoms with Gasteiger partial charge in [0.1, 0.15) is 5.60 Å². The van der Waals surface area contributed by atoms with Gasteiger partial charge < -0.3 is 20.3 Å². The Morgan fingerprint density at radius 3 is 2.55 bits per heavy atom. The van der Waals surface area contributed by atoms with E-state index in [0.29, 0.717) is 12.6 Å². The molecule has 2 rings (SSSR count). The molecule has 2 N–H and O–H groups in total. The van der Waals surface area contributed by atoms with Crippen molar-refractivity contribution in [2.45, 2.75) is 64.1 Å². The van der Waals surface area contributed by atoms with E-state index in [9.17, 15) is 4.79 Å². The van der Waals surface area contributed by atoms with Gasteiger partial charge in [0.15, 0.2) is 0 Å². The summed E-state index contributed by atoms with van der Waals surface area (Å²) in [5.41, 5.74) is 5.23. The fourth-order valence-electron chi connectivity index (χ4n) is 2.91. The van der Waals surface area contributed by atoms with Crippen molar-refractivity contribution < 1.29 is 9.53 Å². The normalized spacial score (nSPS) is 24.5. The topological polar surface area (TPSA) is 58.8 Å². The average Bonchev–Trinajstić information content (AvgIpc) is 3.12. The maximum atomic E-state index is 12.5. The van der Waals surface area contributed by atoms with Crippen LogP contribution in [0.25, 0.3) is 0 Å². The number of nitrogens with zero attached hydrogens (tertiary/aromatic N) is 2. The van der Waals surface area contributed by atoms with E-state index in [-0.39, 0.29) is 12.1 Å². The second-order valence-electron chi connectivity index (χ2n) is 7.00. The van der Waals surface area contributed by atoms with Crippen molar-refractivity contribution in [3.05, 3.63) is 0 Å². The Kier molecular flexibility index (Phi) is 4.91. The van der Waals surface area contributed by atoms with Crippen molar-refractivity contribution in [2.24, 2.45) is 5.73 Å². The van der Waals surface area contributed by atoms with Crippen LogP contribution in [0.15, 0.2) is 0 Å². The molecular weight excluding hydrogens is 254 g/mol. The first-order valence-electron chi connectivity index (χ1n) is 7.84. The van der Waals surface area contributed by atoms with Gasteiger partial charge >= 0.3 is 6.09 Å². The largest absolute Gasteiger partial charge is 0.444 e. The maximum Gasteiger partial charge on any atom is 0.410 e. The molecule has 1 saturated carbocycles. The van der Waals surface area contributed by atoms with Crippen LogP contribution in [0.3, 0.4) is 0 Å². The summed E-state index contributed by atoms with van der Waals surface area (Å²) in [4.78, 5) is 16.8. The Labute approximate surface area is 122 Å². The number of carbonyl (C=O) groups excluding carboxylic acids is 1. The van der Waals surface area contributed by atoms with Crippen molar-refractivity contribution >= 4 is 6.09 Å². The third kappa shape index (κ3) is 4.35. The number of hydrogen-bond donors (Lipinski definition) is 1. The van der Waals surface area contributed by atoms with Gasteiger partial charge in [0.05, 0.1) is 0 Å². The third-order valence-electron chi connectivity index (χ3n) is 3.86. The molecule has 5 nitrogen and oxygen atoms in total. The van der Waals surface area contributed by atoms with Gasteiger partial charge in [-0.05, 0) is 53.0 Å².